The van der Waals surface area contributed by atoms with Gasteiger partial charge in [-0.2, -0.15) is 0 Å². The molecule has 5 nitrogen and oxygen atoms in total. The summed E-state index contributed by atoms with van der Waals surface area (Å²) >= 11 is 6.00. The molecule has 4 rings (SSSR count). The quantitative estimate of drug-likeness (QED) is 0.466. The summed E-state index contributed by atoms with van der Waals surface area (Å²) in [6.45, 7) is 5.19. The van der Waals surface area contributed by atoms with Crippen molar-refractivity contribution >= 4 is 29.1 Å². The van der Waals surface area contributed by atoms with E-state index in [0.29, 0.717) is 38.5 Å². The highest BCUT2D eigenvalue weighted by Crippen LogP contribution is 2.71. The maximum absolute atomic E-state index is 17.1. The molecule has 0 aliphatic heterocycles. The van der Waals surface area contributed by atoms with E-state index < -0.39 is 34.2 Å². The molecule has 0 saturated heterocycles. The third kappa shape index (κ3) is 2.79. The Balaban J connectivity index is 1.82. The second-order valence-electron chi connectivity index (χ2n) is 10.3. The first-order chi connectivity index (χ1) is 14.5. The molecule has 4 aliphatic carbocycles. The summed E-state index contributed by atoms with van der Waals surface area (Å²) in [5.74, 6) is -1.66. The van der Waals surface area contributed by atoms with Crippen molar-refractivity contribution in [1.82, 2.24) is 0 Å². The molecule has 0 aromatic carbocycles. The molecule has 0 radical (unpaired) electrons. The molecule has 3 saturated carbocycles. The maximum Gasteiger partial charge on any atom is 0.303 e. The summed E-state index contributed by atoms with van der Waals surface area (Å²) in [5.41, 5.74) is -3.52. The van der Waals surface area contributed by atoms with Crippen molar-refractivity contribution in [1.29, 1.82) is 0 Å². The van der Waals surface area contributed by atoms with E-state index in [9.17, 15) is 14.4 Å². The van der Waals surface area contributed by atoms with Gasteiger partial charge in [0.2, 0.25) is 5.60 Å². The number of hydrogen-bond donors (Lipinski definition) is 0. The van der Waals surface area contributed by atoms with E-state index in [4.69, 9.17) is 21.1 Å². The van der Waals surface area contributed by atoms with Gasteiger partial charge in [0.15, 0.2) is 11.6 Å². The van der Waals surface area contributed by atoms with E-state index in [1.165, 1.54) is 14.0 Å². The lowest BCUT2D eigenvalue weighted by atomic mass is 9.44. The molecule has 172 valence electrons. The number of carbonyl (C=O) groups is 3. The predicted molar refractivity (Wildman–Crippen MR) is 113 cm³/mol. The molecular weight excluding hydrogens is 423 g/mol. The van der Waals surface area contributed by atoms with Gasteiger partial charge in [0, 0.05) is 31.3 Å². The van der Waals surface area contributed by atoms with Crippen LogP contribution >= 0.6 is 11.6 Å². The van der Waals surface area contributed by atoms with Crippen LogP contribution in [0.4, 0.5) is 4.39 Å². The van der Waals surface area contributed by atoms with E-state index >= 15 is 4.39 Å². The zero-order chi connectivity index (χ0) is 22.8. The van der Waals surface area contributed by atoms with Crippen LogP contribution in [0.5, 0.6) is 0 Å². The molecular formula is C24H32ClFO5. The van der Waals surface area contributed by atoms with Gasteiger partial charge in [-0.3, -0.25) is 14.4 Å². The lowest BCUT2D eigenvalue weighted by molar-refractivity contribution is -0.210. The summed E-state index contributed by atoms with van der Waals surface area (Å²) in [6, 6.07) is 0. The minimum atomic E-state index is -1.51. The zero-order valence-electron chi connectivity index (χ0n) is 18.8. The van der Waals surface area contributed by atoms with E-state index in [2.05, 4.69) is 0 Å². The number of ketones is 2. The summed E-state index contributed by atoms with van der Waals surface area (Å²) in [7, 11) is 1.50. The molecule has 0 bridgehead atoms. The van der Waals surface area contributed by atoms with Gasteiger partial charge in [-0.15, -0.1) is 11.6 Å². The fourth-order valence-corrected chi connectivity index (χ4v) is 7.96. The van der Waals surface area contributed by atoms with Crippen molar-refractivity contribution < 1.29 is 28.2 Å². The molecule has 0 aromatic heterocycles. The number of fused-ring (bicyclic) bond motifs is 5. The molecule has 4 aliphatic rings. The topological polar surface area (TPSA) is 69.7 Å². The van der Waals surface area contributed by atoms with E-state index in [0.717, 1.165) is 5.57 Å². The first-order valence-corrected chi connectivity index (χ1v) is 11.8. The van der Waals surface area contributed by atoms with Crippen LogP contribution in [-0.4, -0.2) is 47.9 Å². The Kier molecular flexibility index (Phi) is 5.45. The average Bonchev–Trinajstić information content (AvgIpc) is 2.97. The van der Waals surface area contributed by atoms with Crippen molar-refractivity contribution in [2.75, 3.05) is 13.0 Å². The van der Waals surface area contributed by atoms with Gasteiger partial charge in [0.25, 0.3) is 0 Å². The van der Waals surface area contributed by atoms with Crippen molar-refractivity contribution in [2.24, 2.45) is 22.7 Å². The molecule has 0 aromatic rings. The Hall–Kier alpha value is -1.27. The zero-order valence-corrected chi connectivity index (χ0v) is 19.5. The molecule has 0 N–H and O–H groups in total. The Morgan fingerprint density at radius 3 is 2.52 bits per heavy atom. The van der Waals surface area contributed by atoms with Gasteiger partial charge in [-0.1, -0.05) is 19.4 Å². The van der Waals surface area contributed by atoms with Gasteiger partial charge >= 0.3 is 5.97 Å². The molecule has 0 unspecified atom stereocenters. The number of carbonyl (C=O) groups excluding carboxylic acids is 3. The number of alkyl halides is 2. The lowest BCUT2D eigenvalue weighted by Crippen LogP contribution is -2.66. The number of ether oxygens (including phenoxy) is 2. The predicted octanol–water partition coefficient (Wildman–Crippen LogP) is 4.35. The molecule has 7 heteroatoms. The van der Waals surface area contributed by atoms with Crippen LogP contribution in [0.15, 0.2) is 11.6 Å². The molecule has 0 heterocycles. The number of Topliss-reactive ketones (excluding diaryl/α,β-unsaturated/α-hetero) is 1. The van der Waals surface area contributed by atoms with Gasteiger partial charge in [0.1, 0.15) is 11.8 Å². The smallest absolute Gasteiger partial charge is 0.303 e. The summed E-state index contributed by atoms with van der Waals surface area (Å²) < 4.78 is 28.6. The standard InChI is InChI=1S/C24H32ClFO5/c1-14(27)31-24(19(29)13-25)20(30-4)12-18-17-6-5-15-11-16(28)7-8-21(15,2)23(17,26)10-9-22(18,24)3/h11,17-18,20H,5-10,12-13H2,1-4H3/t17-,18-,20+,21-,22-,23+,24+/m0/s1. The first kappa shape index (κ1) is 22.9. The average molecular weight is 455 g/mol. The first-order valence-electron chi connectivity index (χ1n) is 11.2. The van der Waals surface area contributed by atoms with Gasteiger partial charge < -0.3 is 9.47 Å². The molecule has 0 amide bonds. The normalized spacial score (nSPS) is 46.5. The number of allylic oxidation sites excluding steroid dienone is 1. The van der Waals surface area contributed by atoms with Crippen molar-refractivity contribution in [3.8, 4) is 0 Å². The highest BCUT2D eigenvalue weighted by molar-refractivity contribution is 6.29. The fraction of sp³-hybridized carbons (Fsp3) is 0.792. The number of halogens is 2. The monoisotopic (exact) mass is 454 g/mol. The maximum atomic E-state index is 17.1. The Morgan fingerprint density at radius 2 is 1.90 bits per heavy atom. The second-order valence-corrected chi connectivity index (χ2v) is 10.6. The minimum absolute atomic E-state index is 0.0806. The van der Waals surface area contributed by atoms with Crippen LogP contribution in [0.25, 0.3) is 0 Å². The van der Waals surface area contributed by atoms with Crippen molar-refractivity contribution in [2.45, 2.75) is 83.1 Å². The molecule has 31 heavy (non-hydrogen) atoms. The van der Waals surface area contributed by atoms with Crippen LogP contribution in [0.2, 0.25) is 0 Å². The van der Waals surface area contributed by atoms with Crippen LogP contribution in [0, 0.1) is 22.7 Å². The number of hydrogen-bond acceptors (Lipinski definition) is 5. The van der Waals surface area contributed by atoms with Crippen LogP contribution in [0.3, 0.4) is 0 Å². The largest absolute Gasteiger partial charge is 0.448 e. The highest BCUT2D eigenvalue weighted by atomic mass is 35.5. The molecule has 7 atom stereocenters. The summed E-state index contributed by atoms with van der Waals surface area (Å²) in [6.07, 6.45) is 4.23. The lowest BCUT2D eigenvalue weighted by Gasteiger charge is -2.62. The van der Waals surface area contributed by atoms with Gasteiger partial charge in [-0.25, -0.2) is 4.39 Å². The van der Waals surface area contributed by atoms with E-state index in [1.807, 2.05) is 13.8 Å². The SMILES string of the molecule is CO[C@@H]1C[C@H]2[C@@H]3CCC4=CC(=O)CC[C@]4(C)[C@@]3(F)CC[C@]2(C)[C@@]1(OC(C)=O)C(=O)CCl. The fourth-order valence-electron chi connectivity index (χ4n) is 7.76. The Labute approximate surface area is 188 Å². The Bertz CT molecular complexity index is 857. The summed E-state index contributed by atoms with van der Waals surface area (Å²) in [4.78, 5) is 37.4. The minimum Gasteiger partial charge on any atom is -0.448 e. The number of esters is 1. The van der Waals surface area contributed by atoms with Gasteiger partial charge in [0.05, 0.1) is 5.88 Å². The second kappa shape index (κ2) is 7.38. The van der Waals surface area contributed by atoms with Crippen LogP contribution in [-0.2, 0) is 23.9 Å². The number of rotatable bonds is 4. The number of methoxy groups -OCH3 is 1. The van der Waals surface area contributed by atoms with E-state index in [1.54, 1.807) is 6.08 Å². The van der Waals surface area contributed by atoms with Gasteiger partial charge in [-0.05, 0) is 56.4 Å². The van der Waals surface area contributed by atoms with Crippen molar-refractivity contribution in [3.05, 3.63) is 11.6 Å². The van der Waals surface area contributed by atoms with Crippen LogP contribution < -0.4 is 0 Å². The highest BCUT2D eigenvalue weighted by Gasteiger charge is 2.76. The third-order valence-electron chi connectivity index (χ3n) is 9.35. The Morgan fingerprint density at radius 1 is 1.19 bits per heavy atom. The van der Waals surface area contributed by atoms with E-state index in [-0.39, 0.29) is 35.7 Å². The van der Waals surface area contributed by atoms with Crippen molar-refractivity contribution in [3.63, 3.8) is 0 Å². The van der Waals surface area contributed by atoms with Crippen LogP contribution in [0.1, 0.15) is 65.7 Å². The summed E-state index contributed by atoms with van der Waals surface area (Å²) in [5, 5.41) is 0. The molecule has 3 fully saturated rings. The third-order valence-corrected chi connectivity index (χ3v) is 9.59. The molecule has 0 spiro atoms.